The first-order chi connectivity index (χ1) is 4.13. The minimum Gasteiger partial charge on any atom is -0.298 e. The molecule has 0 radical (unpaired) electrons. The van der Waals surface area contributed by atoms with Gasteiger partial charge in [0.15, 0.2) is 5.78 Å². The Morgan fingerprint density at radius 2 is 2.22 bits per heavy atom. The second kappa shape index (κ2) is 2.30. The second-order valence-corrected chi connectivity index (χ2v) is 3.66. The van der Waals surface area contributed by atoms with E-state index in [1.807, 2.05) is 6.92 Å². The number of hydrogen-bond acceptors (Lipinski definition) is 1. The second-order valence-electron chi connectivity index (χ2n) is 2.83. The van der Waals surface area contributed by atoms with Gasteiger partial charge < -0.3 is 0 Å². The fraction of sp³-hybridized carbons (Fsp3) is 0.857. The maximum atomic E-state index is 11.0. The maximum Gasteiger partial charge on any atom is 0.153 e. The molecule has 0 aliphatic heterocycles. The van der Waals surface area contributed by atoms with Crippen molar-refractivity contribution in [3.63, 3.8) is 0 Å². The summed E-state index contributed by atoms with van der Waals surface area (Å²) in [6.45, 7) is 1.82. The quantitative estimate of drug-likeness (QED) is 0.479. The van der Waals surface area contributed by atoms with Crippen LogP contribution in [-0.4, -0.2) is 10.7 Å². The molecule has 0 aromatic rings. The van der Waals surface area contributed by atoms with Gasteiger partial charge in [0.05, 0.1) is 4.87 Å². The number of hydrogen-bond donors (Lipinski definition) is 0. The largest absolute Gasteiger partial charge is 0.298 e. The van der Waals surface area contributed by atoms with E-state index in [-0.39, 0.29) is 5.78 Å². The average molecular weight is 147 g/mol. The number of rotatable bonds is 0. The van der Waals surface area contributed by atoms with E-state index in [9.17, 15) is 4.79 Å². The van der Waals surface area contributed by atoms with E-state index < -0.39 is 4.87 Å². The summed E-state index contributed by atoms with van der Waals surface area (Å²) in [7, 11) is 0. The summed E-state index contributed by atoms with van der Waals surface area (Å²) in [6, 6.07) is 0. The number of halogens is 1. The van der Waals surface area contributed by atoms with E-state index in [2.05, 4.69) is 0 Å². The SMILES string of the molecule is CC1(Cl)CCCCC1=O. The zero-order chi connectivity index (χ0) is 6.91. The summed E-state index contributed by atoms with van der Waals surface area (Å²) in [6.07, 6.45) is 3.67. The molecule has 1 nitrogen and oxygen atoms in total. The molecule has 0 N–H and O–H groups in total. The van der Waals surface area contributed by atoms with Crippen molar-refractivity contribution < 1.29 is 4.79 Å². The molecule has 1 aliphatic carbocycles. The van der Waals surface area contributed by atoms with Gasteiger partial charge >= 0.3 is 0 Å². The maximum absolute atomic E-state index is 11.0. The first-order valence-electron chi connectivity index (χ1n) is 3.35. The summed E-state index contributed by atoms with van der Waals surface area (Å²) in [5, 5.41) is 0. The number of Topliss-reactive ketones (excluding diaryl/α,β-unsaturated/α-hetero) is 1. The van der Waals surface area contributed by atoms with Crippen LogP contribution in [0.25, 0.3) is 0 Å². The van der Waals surface area contributed by atoms with Gasteiger partial charge in [0.25, 0.3) is 0 Å². The van der Waals surface area contributed by atoms with Crippen LogP contribution in [0.3, 0.4) is 0 Å². The average Bonchev–Trinajstić information content (AvgIpc) is 1.77. The highest BCUT2D eigenvalue weighted by molar-refractivity contribution is 6.35. The van der Waals surface area contributed by atoms with E-state index >= 15 is 0 Å². The van der Waals surface area contributed by atoms with Crippen molar-refractivity contribution in [1.82, 2.24) is 0 Å². The topological polar surface area (TPSA) is 17.1 Å². The third-order valence-electron chi connectivity index (χ3n) is 1.88. The Morgan fingerprint density at radius 3 is 2.56 bits per heavy atom. The van der Waals surface area contributed by atoms with Gasteiger partial charge in [-0.3, -0.25) is 4.79 Å². The third kappa shape index (κ3) is 1.45. The van der Waals surface area contributed by atoms with Gasteiger partial charge in [-0.25, -0.2) is 0 Å². The smallest absolute Gasteiger partial charge is 0.153 e. The van der Waals surface area contributed by atoms with Crippen molar-refractivity contribution >= 4 is 17.4 Å². The molecule has 1 saturated carbocycles. The van der Waals surface area contributed by atoms with Crippen LogP contribution in [0.2, 0.25) is 0 Å². The van der Waals surface area contributed by atoms with Gasteiger partial charge in [-0.1, -0.05) is 6.42 Å². The zero-order valence-electron chi connectivity index (χ0n) is 5.61. The lowest BCUT2D eigenvalue weighted by Gasteiger charge is -2.24. The van der Waals surface area contributed by atoms with E-state index in [0.29, 0.717) is 6.42 Å². The molecule has 0 amide bonds. The molecule has 52 valence electrons. The third-order valence-corrected chi connectivity index (χ3v) is 2.28. The van der Waals surface area contributed by atoms with Crippen molar-refractivity contribution in [2.45, 2.75) is 37.5 Å². The molecule has 1 atom stereocenters. The zero-order valence-corrected chi connectivity index (χ0v) is 6.37. The van der Waals surface area contributed by atoms with Gasteiger partial charge in [-0.05, 0) is 19.8 Å². The number of carbonyl (C=O) groups is 1. The fourth-order valence-corrected chi connectivity index (χ4v) is 1.37. The lowest BCUT2D eigenvalue weighted by atomic mass is 9.89. The summed E-state index contributed by atoms with van der Waals surface area (Å²) in [4.78, 5) is 10.5. The van der Waals surface area contributed by atoms with Crippen LogP contribution in [0.4, 0.5) is 0 Å². The molecular formula is C7H11ClO. The van der Waals surface area contributed by atoms with Crippen molar-refractivity contribution in [3.8, 4) is 0 Å². The first-order valence-corrected chi connectivity index (χ1v) is 3.73. The normalized spacial score (nSPS) is 36.9. The first kappa shape index (κ1) is 7.07. The summed E-state index contributed by atoms with van der Waals surface area (Å²) in [5.41, 5.74) is 0. The van der Waals surface area contributed by atoms with E-state index in [4.69, 9.17) is 11.6 Å². The summed E-state index contributed by atoms with van der Waals surface area (Å²) >= 11 is 5.87. The molecule has 0 spiro atoms. The Labute approximate surface area is 60.4 Å². The van der Waals surface area contributed by atoms with Crippen LogP contribution >= 0.6 is 11.6 Å². The lowest BCUT2D eigenvalue weighted by molar-refractivity contribution is -0.122. The van der Waals surface area contributed by atoms with Gasteiger partial charge in [-0.15, -0.1) is 11.6 Å². The highest BCUT2D eigenvalue weighted by Crippen LogP contribution is 2.29. The van der Waals surface area contributed by atoms with Gasteiger partial charge in [-0.2, -0.15) is 0 Å². The van der Waals surface area contributed by atoms with Crippen molar-refractivity contribution in [1.29, 1.82) is 0 Å². The Kier molecular flexibility index (Phi) is 1.80. The predicted molar refractivity (Wildman–Crippen MR) is 37.7 cm³/mol. The van der Waals surface area contributed by atoms with E-state index in [0.717, 1.165) is 19.3 Å². The fourth-order valence-electron chi connectivity index (χ4n) is 1.14. The molecule has 0 saturated heterocycles. The molecule has 1 unspecified atom stereocenters. The molecule has 9 heavy (non-hydrogen) atoms. The predicted octanol–water partition coefficient (Wildman–Crippen LogP) is 2.13. The van der Waals surface area contributed by atoms with Crippen molar-refractivity contribution in [3.05, 3.63) is 0 Å². The molecule has 0 aromatic heterocycles. The van der Waals surface area contributed by atoms with Crippen LogP contribution in [-0.2, 0) is 4.79 Å². The van der Waals surface area contributed by atoms with Gasteiger partial charge in [0, 0.05) is 6.42 Å². The lowest BCUT2D eigenvalue weighted by Crippen LogP contribution is -2.31. The molecule has 1 aliphatic rings. The summed E-state index contributed by atoms with van der Waals surface area (Å²) < 4.78 is 0. The minimum absolute atomic E-state index is 0.218. The molecular weight excluding hydrogens is 136 g/mol. The number of carbonyl (C=O) groups excluding carboxylic acids is 1. The Morgan fingerprint density at radius 1 is 1.56 bits per heavy atom. The van der Waals surface area contributed by atoms with Gasteiger partial charge in [0.2, 0.25) is 0 Å². The molecule has 1 rings (SSSR count). The highest BCUT2D eigenvalue weighted by atomic mass is 35.5. The standard InChI is InChI=1S/C7H11ClO/c1-7(8)5-3-2-4-6(7)9/h2-5H2,1H3. The molecule has 1 fully saturated rings. The molecule has 0 bridgehead atoms. The van der Waals surface area contributed by atoms with Crippen molar-refractivity contribution in [2.24, 2.45) is 0 Å². The summed E-state index contributed by atoms with van der Waals surface area (Å²) in [5.74, 6) is 0.218. The molecule has 2 heteroatoms. The molecule has 0 aromatic carbocycles. The Balaban J connectivity index is 2.60. The van der Waals surface area contributed by atoms with Crippen molar-refractivity contribution in [2.75, 3.05) is 0 Å². The minimum atomic E-state index is -0.530. The number of alkyl halides is 1. The van der Waals surface area contributed by atoms with Crippen LogP contribution in [0.5, 0.6) is 0 Å². The van der Waals surface area contributed by atoms with Crippen LogP contribution in [0.15, 0.2) is 0 Å². The van der Waals surface area contributed by atoms with Crippen LogP contribution < -0.4 is 0 Å². The van der Waals surface area contributed by atoms with Crippen LogP contribution in [0.1, 0.15) is 32.6 Å². The van der Waals surface area contributed by atoms with Gasteiger partial charge in [0.1, 0.15) is 0 Å². The van der Waals surface area contributed by atoms with Crippen LogP contribution in [0, 0.1) is 0 Å². The number of ketones is 1. The van der Waals surface area contributed by atoms with E-state index in [1.165, 1.54) is 0 Å². The molecule has 0 heterocycles. The van der Waals surface area contributed by atoms with E-state index in [1.54, 1.807) is 0 Å². The Bertz CT molecular complexity index is 129. The Hall–Kier alpha value is -0.0400. The monoisotopic (exact) mass is 146 g/mol. The highest BCUT2D eigenvalue weighted by Gasteiger charge is 2.32.